The van der Waals surface area contributed by atoms with Gasteiger partial charge in [-0.2, -0.15) is 0 Å². The molecule has 0 bridgehead atoms. The van der Waals surface area contributed by atoms with Gasteiger partial charge in [0.15, 0.2) is 0 Å². The summed E-state index contributed by atoms with van der Waals surface area (Å²) in [5, 5.41) is 2.84. The SMILES string of the molecule is COc1ccc(NC(=O)CCCc2cccnc2)cc1N1CCCS1(=O)=O. The molecule has 1 aliphatic heterocycles. The van der Waals surface area contributed by atoms with Gasteiger partial charge in [-0.05, 0) is 49.1 Å². The lowest BCUT2D eigenvalue weighted by Crippen LogP contribution is -2.25. The number of benzene rings is 1. The van der Waals surface area contributed by atoms with Crippen LogP contribution in [-0.4, -0.2) is 38.7 Å². The standard InChI is InChI=1S/C19H23N3O4S/c1-26-18-9-8-16(13-17(18)22-11-4-12-27(22,24)25)21-19(23)7-2-5-15-6-3-10-20-14-15/h3,6,8-10,13-14H,2,4-5,7,11-12H2,1H3,(H,21,23). The molecule has 1 fully saturated rings. The van der Waals surface area contributed by atoms with Crippen molar-refractivity contribution >= 4 is 27.3 Å². The first-order valence-corrected chi connectivity index (χ1v) is 10.5. The Morgan fingerprint density at radius 3 is 2.85 bits per heavy atom. The Morgan fingerprint density at radius 1 is 1.33 bits per heavy atom. The summed E-state index contributed by atoms with van der Waals surface area (Å²) < 4.78 is 31.1. The van der Waals surface area contributed by atoms with Crippen molar-refractivity contribution in [2.75, 3.05) is 29.0 Å². The van der Waals surface area contributed by atoms with Crippen molar-refractivity contribution in [3.63, 3.8) is 0 Å². The quantitative estimate of drug-likeness (QED) is 0.786. The minimum absolute atomic E-state index is 0.112. The molecule has 8 heteroatoms. The third kappa shape index (κ3) is 4.77. The molecule has 144 valence electrons. The fourth-order valence-electron chi connectivity index (χ4n) is 3.10. The first-order chi connectivity index (χ1) is 13.0. The Bertz CT molecular complexity index is 900. The number of aryl methyl sites for hydroxylation is 1. The van der Waals surface area contributed by atoms with Crippen LogP contribution in [0.2, 0.25) is 0 Å². The predicted molar refractivity (Wildman–Crippen MR) is 105 cm³/mol. The molecule has 0 saturated carbocycles. The molecule has 2 heterocycles. The van der Waals surface area contributed by atoms with Crippen molar-refractivity contribution in [1.29, 1.82) is 0 Å². The highest BCUT2D eigenvalue weighted by molar-refractivity contribution is 7.93. The number of sulfonamides is 1. The van der Waals surface area contributed by atoms with E-state index in [0.717, 1.165) is 12.0 Å². The van der Waals surface area contributed by atoms with Gasteiger partial charge in [-0.25, -0.2) is 8.42 Å². The summed E-state index contributed by atoms with van der Waals surface area (Å²) in [4.78, 5) is 16.3. The van der Waals surface area contributed by atoms with E-state index in [1.54, 1.807) is 30.6 Å². The van der Waals surface area contributed by atoms with E-state index >= 15 is 0 Å². The number of pyridine rings is 1. The Morgan fingerprint density at radius 2 is 2.19 bits per heavy atom. The molecule has 0 radical (unpaired) electrons. The van der Waals surface area contributed by atoms with Crippen LogP contribution in [0, 0.1) is 0 Å². The van der Waals surface area contributed by atoms with Gasteiger partial charge in [0.05, 0.1) is 18.6 Å². The van der Waals surface area contributed by atoms with Crippen LogP contribution in [0.3, 0.4) is 0 Å². The lowest BCUT2D eigenvalue weighted by molar-refractivity contribution is -0.116. The molecule has 0 spiro atoms. The maximum Gasteiger partial charge on any atom is 0.235 e. The zero-order chi connectivity index (χ0) is 19.3. The van der Waals surface area contributed by atoms with Gasteiger partial charge in [-0.3, -0.25) is 14.1 Å². The molecule has 0 atom stereocenters. The van der Waals surface area contributed by atoms with Crippen LogP contribution in [0.4, 0.5) is 11.4 Å². The number of nitrogens with one attached hydrogen (secondary N) is 1. The number of hydrogen-bond acceptors (Lipinski definition) is 5. The van der Waals surface area contributed by atoms with Gasteiger partial charge in [0.1, 0.15) is 5.75 Å². The summed E-state index contributed by atoms with van der Waals surface area (Å²) in [6.45, 7) is 0.418. The Kier molecular flexibility index (Phi) is 5.95. The van der Waals surface area contributed by atoms with Crippen LogP contribution in [0.1, 0.15) is 24.8 Å². The van der Waals surface area contributed by atoms with Crippen LogP contribution in [0.15, 0.2) is 42.7 Å². The zero-order valence-corrected chi connectivity index (χ0v) is 16.0. The van der Waals surface area contributed by atoms with Crippen LogP contribution < -0.4 is 14.4 Å². The van der Waals surface area contributed by atoms with Crippen LogP contribution in [0.25, 0.3) is 0 Å². The van der Waals surface area contributed by atoms with E-state index in [0.29, 0.717) is 42.9 Å². The Hall–Kier alpha value is -2.61. The number of carbonyl (C=O) groups excluding carboxylic acids is 1. The lowest BCUT2D eigenvalue weighted by atomic mass is 10.1. The number of carbonyl (C=O) groups is 1. The molecule has 1 N–H and O–H groups in total. The van der Waals surface area contributed by atoms with E-state index in [9.17, 15) is 13.2 Å². The molecular weight excluding hydrogens is 366 g/mol. The number of amides is 1. The zero-order valence-electron chi connectivity index (χ0n) is 15.2. The number of ether oxygens (including phenoxy) is 1. The molecule has 0 unspecified atom stereocenters. The number of anilines is 2. The van der Waals surface area contributed by atoms with Crippen LogP contribution in [0.5, 0.6) is 5.75 Å². The fourth-order valence-corrected chi connectivity index (χ4v) is 4.66. The van der Waals surface area contributed by atoms with Gasteiger partial charge in [0.2, 0.25) is 15.9 Å². The molecule has 1 aliphatic rings. The maximum atomic E-state index is 12.2. The third-order valence-electron chi connectivity index (χ3n) is 4.42. The largest absolute Gasteiger partial charge is 0.495 e. The van der Waals surface area contributed by atoms with Crippen molar-refractivity contribution in [2.45, 2.75) is 25.7 Å². The summed E-state index contributed by atoms with van der Waals surface area (Å²) in [5.41, 5.74) is 2.11. The van der Waals surface area contributed by atoms with Crippen molar-refractivity contribution < 1.29 is 17.9 Å². The highest BCUT2D eigenvalue weighted by Gasteiger charge is 2.30. The summed E-state index contributed by atoms with van der Waals surface area (Å²) in [7, 11) is -1.83. The third-order valence-corrected chi connectivity index (χ3v) is 6.28. The maximum absolute atomic E-state index is 12.2. The first kappa shape index (κ1) is 19.2. The molecular formula is C19H23N3O4S. The van der Waals surface area contributed by atoms with Crippen molar-refractivity contribution in [3.8, 4) is 5.75 Å². The number of rotatable bonds is 7. The van der Waals surface area contributed by atoms with Gasteiger partial charge >= 0.3 is 0 Å². The molecule has 0 aliphatic carbocycles. The van der Waals surface area contributed by atoms with E-state index in [1.165, 1.54) is 11.4 Å². The Balaban J connectivity index is 1.64. The molecule has 27 heavy (non-hydrogen) atoms. The van der Waals surface area contributed by atoms with E-state index in [1.807, 2.05) is 12.1 Å². The predicted octanol–water partition coefficient (Wildman–Crippen LogP) is 2.59. The average Bonchev–Trinajstić information content (AvgIpc) is 3.01. The summed E-state index contributed by atoms with van der Waals surface area (Å²) >= 11 is 0. The van der Waals surface area contributed by atoms with Gasteiger partial charge < -0.3 is 10.1 Å². The topological polar surface area (TPSA) is 88.6 Å². The van der Waals surface area contributed by atoms with E-state index in [4.69, 9.17) is 4.74 Å². The number of hydrogen-bond donors (Lipinski definition) is 1. The first-order valence-electron chi connectivity index (χ1n) is 8.87. The second-order valence-electron chi connectivity index (χ2n) is 6.39. The summed E-state index contributed by atoms with van der Waals surface area (Å²) in [6.07, 6.45) is 5.96. The second-order valence-corrected chi connectivity index (χ2v) is 8.40. The van der Waals surface area contributed by atoms with Gasteiger partial charge in [-0.15, -0.1) is 0 Å². The highest BCUT2D eigenvalue weighted by Crippen LogP contribution is 2.35. The molecule has 1 aromatic carbocycles. The van der Waals surface area contributed by atoms with Gasteiger partial charge in [0, 0.05) is 31.0 Å². The van der Waals surface area contributed by atoms with Crippen LogP contribution in [-0.2, 0) is 21.2 Å². The number of methoxy groups -OCH3 is 1. The molecule has 7 nitrogen and oxygen atoms in total. The fraction of sp³-hybridized carbons (Fsp3) is 0.368. The normalized spacial score (nSPS) is 15.5. The Labute approximate surface area is 159 Å². The van der Waals surface area contributed by atoms with E-state index in [-0.39, 0.29) is 11.7 Å². The molecule has 1 aromatic heterocycles. The van der Waals surface area contributed by atoms with Gasteiger partial charge in [0.25, 0.3) is 0 Å². The second kappa shape index (κ2) is 8.39. The minimum atomic E-state index is -3.33. The van der Waals surface area contributed by atoms with Crippen molar-refractivity contribution in [3.05, 3.63) is 48.3 Å². The monoisotopic (exact) mass is 389 g/mol. The van der Waals surface area contributed by atoms with Crippen molar-refractivity contribution in [2.24, 2.45) is 0 Å². The lowest BCUT2D eigenvalue weighted by Gasteiger charge is -2.20. The molecule has 1 amide bonds. The van der Waals surface area contributed by atoms with Gasteiger partial charge in [-0.1, -0.05) is 6.07 Å². The van der Waals surface area contributed by atoms with E-state index < -0.39 is 10.0 Å². The molecule has 1 saturated heterocycles. The minimum Gasteiger partial charge on any atom is -0.495 e. The van der Waals surface area contributed by atoms with Crippen molar-refractivity contribution in [1.82, 2.24) is 4.98 Å². The molecule has 3 rings (SSSR count). The number of aromatic nitrogens is 1. The summed E-state index contributed by atoms with van der Waals surface area (Å²) in [5.74, 6) is 0.482. The van der Waals surface area contributed by atoms with E-state index in [2.05, 4.69) is 10.3 Å². The molecule has 2 aromatic rings. The van der Waals surface area contributed by atoms with Crippen LogP contribution >= 0.6 is 0 Å². The number of nitrogens with zero attached hydrogens (tertiary/aromatic N) is 2. The summed E-state index contributed by atoms with van der Waals surface area (Å²) in [6, 6.07) is 8.90. The highest BCUT2D eigenvalue weighted by atomic mass is 32.2. The average molecular weight is 389 g/mol. The smallest absolute Gasteiger partial charge is 0.235 e.